The van der Waals surface area contributed by atoms with Crippen molar-refractivity contribution in [3.05, 3.63) is 71.5 Å². The number of carboxylic acids is 1. The average Bonchev–Trinajstić information content (AvgIpc) is 3.12. The minimum atomic E-state index is -2.51. The van der Waals surface area contributed by atoms with Gasteiger partial charge in [0.1, 0.15) is 11.6 Å². The first kappa shape index (κ1) is 23.4. The number of nitrogens with zero attached hydrogens (tertiary/aromatic N) is 2. The van der Waals surface area contributed by atoms with E-state index < -0.39 is 12.4 Å². The van der Waals surface area contributed by atoms with Crippen molar-refractivity contribution >= 4 is 5.97 Å². The molecule has 0 amide bonds. The van der Waals surface area contributed by atoms with Gasteiger partial charge in [-0.05, 0) is 25.8 Å². The van der Waals surface area contributed by atoms with E-state index in [-0.39, 0.29) is 18.0 Å². The molecule has 0 aliphatic heterocycles. The van der Waals surface area contributed by atoms with Crippen LogP contribution in [0.5, 0.6) is 5.75 Å². The smallest absolute Gasteiger partial charge is 0.304 e. The standard InChI is InChI=1S/C24H27F2N3O3/c1-16-14-28-24(18-10-8-17(9-11-18)23(25)26)29(16)15-19-5-2-3-7-21(19)32-12-4-6-20(27)13-22(30)31/h2-3,5,7-11,14,20,23H,4,6,12-13,15,27H2,1H3,(H,30,31)/t20-/m1/s1. The van der Waals surface area contributed by atoms with Gasteiger partial charge in [-0.3, -0.25) is 4.79 Å². The number of nitrogens with two attached hydrogens (primary N) is 1. The largest absolute Gasteiger partial charge is 0.493 e. The van der Waals surface area contributed by atoms with Crippen molar-refractivity contribution in [2.45, 2.75) is 45.2 Å². The molecule has 170 valence electrons. The Hall–Kier alpha value is -3.26. The van der Waals surface area contributed by atoms with Crippen molar-refractivity contribution in [2.75, 3.05) is 6.61 Å². The normalized spacial score (nSPS) is 12.2. The molecule has 0 unspecified atom stereocenters. The first-order valence-corrected chi connectivity index (χ1v) is 10.4. The zero-order valence-electron chi connectivity index (χ0n) is 17.9. The van der Waals surface area contributed by atoms with Gasteiger partial charge in [-0.1, -0.05) is 42.5 Å². The first-order valence-electron chi connectivity index (χ1n) is 10.4. The van der Waals surface area contributed by atoms with Crippen LogP contribution in [0.1, 0.15) is 42.5 Å². The second kappa shape index (κ2) is 10.9. The maximum absolute atomic E-state index is 12.9. The Kier molecular flexibility index (Phi) is 7.94. The number of para-hydroxylation sites is 1. The van der Waals surface area contributed by atoms with Crippen LogP contribution in [0.25, 0.3) is 11.4 Å². The quantitative estimate of drug-likeness (QED) is 0.415. The number of rotatable bonds is 11. The Morgan fingerprint density at radius 2 is 1.91 bits per heavy atom. The molecule has 0 radical (unpaired) electrons. The lowest BCUT2D eigenvalue weighted by Crippen LogP contribution is -2.24. The summed E-state index contributed by atoms with van der Waals surface area (Å²) in [6.45, 7) is 2.87. The molecule has 32 heavy (non-hydrogen) atoms. The van der Waals surface area contributed by atoms with Gasteiger partial charge in [-0.15, -0.1) is 0 Å². The number of ether oxygens (including phenoxy) is 1. The molecule has 2 aromatic carbocycles. The highest BCUT2D eigenvalue weighted by atomic mass is 19.3. The topological polar surface area (TPSA) is 90.4 Å². The molecule has 0 bridgehead atoms. The van der Waals surface area contributed by atoms with Gasteiger partial charge in [0.15, 0.2) is 0 Å². The number of aliphatic carboxylic acids is 1. The zero-order chi connectivity index (χ0) is 23.1. The fourth-order valence-electron chi connectivity index (χ4n) is 3.47. The summed E-state index contributed by atoms with van der Waals surface area (Å²) in [6, 6.07) is 13.4. The summed E-state index contributed by atoms with van der Waals surface area (Å²) < 4.78 is 33.7. The number of carbonyl (C=O) groups is 1. The SMILES string of the molecule is Cc1cnc(-c2ccc(C(F)F)cc2)n1Cc1ccccc1OCCC[C@@H](N)CC(=O)O. The predicted octanol–water partition coefficient (Wildman–Crippen LogP) is 4.81. The van der Waals surface area contributed by atoms with Crippen molar-refractivity contribution in [3.8, 4) is 17.1 Å². The summed E-state index contributed by atoms with van der Waals surface area (Å²) in [7, 11) is 0. The molecule has 0 saturated carbocycles. The lowest BCUT2D eigenvalue weighted by atomic mass is 10.1. The number of alkyl halides is 2. The molecular formula is C24H27F2N3O3. The maximum atomic E-state index is 12.9. The number of benzene rings is 2. The predicted molar refractivity (Wildman–Crippen MR) is 118 cm³/mol. The monoisotopic (exact) mass is 443 g/mol. The average molecular weight is 443 g/mol. The third-order valence-corrected chi connectivity index (χ3v) is 5.19. The Balaban J connectivity index is 1.71. The molecule has 0 aliphatic carbocycles. The molecule has 8 heteroatoms. The van der Waals surface area contributed by atoms with Crippen LogP contribution in [0.4, 0.5) is 8.78 Å². The van der Waals surface area contributed by atoms with Gasteiger partial charge in [0.05, 0.1) is 19.6 Å². The molecule has 1 heterocycles. The number of aromatic nitrogens is 2. The van der Waals surface area contributed by atoms with Crippen molar-refractivity contribution < 1.29 is 23.4 Å². The number of hydrogen-bond donors (Lipinski definition) is 2. The van der Waals surface area contributed by atoms with Crippen LogP contribution >= 0.6 is 0 Å². The fraction of sp³-hybridized carbons (Fsp3) is 0.333. The van der Waals surface area contributed by atoms with Crippen molar-refractivity contribution in [2.24, 2.45) is 5.73 Å². The Bertz CT molecular complexity index is 1040. The van der Waals surface area contributed by atoms with Crippen LogP contribution in [-0.4, -0.2) is 33.3 Å². The van der Waals surface area contributed by atoms with E-state index in [0.29, 0.717) is 31.8 Å². The summed E-state index contributed by atoms with van der Waals surface area (Å²) in [5.74, 6) is 0.517. The Labute approximate surface area is 185 Å². The fourth-order valence-corrected chi connectivity index (χ4v) is 3.47. The highest BCUT2D eigenvalue weighted by Gasteiger charge is 2.14. The Morgan fingerprint density at radius 3 is 2.59 bits per heavy atom. The number of aryl methyl sites for hydroxylation is 1. The maximum Gasteiger partial charge on any atom is 0.304 e. The van der Waals surface area contributed by atoms with Gasteiger partial charge < -0.3 is 20.1 Å². The highest BCUT2D eigenvalue weighted by molar-refractivity contribution is 5.67. The minimum Gasteiger partial charge on any atom is -0.493 e. The summed E-state index contributed by atoms with van der Waals surface area (Å²) in [6.07, 6.45) is 0.400. The number of carboxylic acid groups (broad SMARTS) is 1. The van der Waals surface area contributed by atoms with E-state index in [1.165, 1.54) is 12.1 Å². The van der Waals surface area contributed by atoms with Crippen LogP contribution in [0.15, 0.2) is 54.7 Å². The van der Waals surface area contributed by atoms with E-state index in [9.17, 15) is 13.6 Å². The van der Waals surface area contributed by atoms with Gasteiger partial charge in [0.25, 0.3) is 6.43 Å². The van der Waals surface area contributed by atoms with E-state index in [0.717, 1.165) is 22.6 Å². The van der Waals surface area contributed by atoms with Crippen LogP contribution < -0.4 is 10.5 Å². The second-order valence-corrected chi connectivity index (χ2v) is 7.69. The molecular weight excluding hydrogens is 416 g/mol. The minimum absolute atomic E-state index is 0.0228. The van der Waals surface area contributed by atoms with Crippen LogP contribution in [0.3, 0.4) is 0 Å². The summed E-state index contributed by atoms with van der Waals surface area (Å²) in [4.78, 5) is 15.2. The van der Waals surface area contributed by atoms with Crippen molar-refractivity contribution in [1.29, 1.82) is 0 Å². The van der Waals surface area contributed by atoms with E-state index in [1.54, 1.807) is 18.3 Å². The molecule has 3 aromatic rings. The van der Waals surface area contributed by atoms with Crippen LogP contribution in [0, 0.1) is 6.92 Å². The van der Waals surface area contributed by atoms with E-state index in [1.807, 2.05) is 35.8 Å². The zero-order valence-corrected chi connectivity index (χ0v) is 17.9. The molecule has 1 atom stereocenters. The highest BCUT2D eigenvalue weighted by Crippen LogP contribution is 2.27. The lowest BCUT2D eigenvalue weighted by molar-refractivity contribution is -0.137. The number of imidazole rings is 1. The Morgan fingerprint density at radius 1 is 1.19 bits per heavy atom. The third kappa shape index (κ3) is 6.13. The third-order valence-electron chi connectivity index (χ3n) is 5.19. The lowest BCUT2D eigenvalue weighted by Gasteiger charge is -2.15. The van der Waals surface area contributed by atoms with Gasteiger partial charge in [0.2, 0.25) is 0 Å². The molecule has 6 nitrogen and oxygen atoms in total. The molecule has 1 aromatic heterocycles. The van der Waals surface area contributed by atoms with Gasteiger partial charge in [0, 0.05) is 34.6 Å². The summed E-state index contributed by atoms with van der Waals surface area (Å²) in [5, 5.41) is 8.79. The second-order valence-electron chi connectivity index (χ2n) is 7.69. The van der Waals surface area contributed by atoms with Gasteiger partial charge in [-0.2, -0.15) is 0 Å². The molecule has 3 rings (SSSR count). The molecule has 0 spiro atoms. The summed E-state index contributed by atoms with van der Waals surface area (Å²) >= 11 is 0. The van der Waals surface area contributed by atoms with Crippen molar-refractivity contribution in [3.63, 3.8) is 0 Å². The number of hydrogen-bond acceptors (Lipinski definition) is 4. The molecule has 0 aliphatic rings. The molecule has 0 fully saturated rings. The molecule has 0 saturated heterocycles. The summed E-state index contributed by atoms with van der Waals surface area (Å²) in [5.41, 5.74) is 8.43. The number of halogens is 2. The van der Waals surface area contributed by atoms with Crippen LogP contribution in [0.2, 0.25) is 0 Å². The van der Waals surface area contributed by atoms with E-state index in [2.05, 4.69) is 4.98 Å². The van der Waals surface area contributed by atoms with Crippen molar-refractivity contribution in [1.82, 2.24) is 9.55 Å². The van der Waals surface area contributed by atoms with E-state index >= 15 is 0 Å². The molecule has 3 N–H and O–H groups in total. The first-order chi connectivity index (χ1) is 15.3. The van der Waals surface area contributed by atoms with Gasteiger partial charge >= 0.3 is 5.97 Å². The van der Waals surface area contributed by atoms with Crippen LogP contribution in [-0.2, 0) is 11.3 Å². The van der Waals surface area contributed by atoms with Gasteiger partial charge in [-0.25, -0.2) is 13.8 Å². The van der Waals surface area contributed by atoms with E-state index in [4.69, 9.17) is 15.6 Å².